The zero-order valence-electron chi connectivity index (χ0n) is 12.0. The van der Waals surface area contributed by atoms with E-state index in [0.717, 1.165) is 44.8 Å². The van der Waals surface area contributed by atoms with Gasteiger partial charge >= 0.3 is 0 Å². The van der Waals surface area contributed by atoms with E-state index >= 15 is 0 Å². The van der Waals surface area contributed by atoms with Crippen LogP contribution in [0.1, 0.15) is 31.7 Å². The molecule has 1 unspecified atom stereocenters. The van der Waals surface area contributed by atoms with Crippen molar-refractivity contribution in [3.8, 4) is 0 Å². The Morgan fingerprint density at radius 1 is 1.37 bits per heavy atom. The second kappa shape index (κ2) is 7.51. The van der Waals surface area contributed by atoms with Gasteiger partial charge in [-0.25, -0.2) is 0 Å². The minimum Gasteiger partial charge on any atom is -0.399 e. The van der Waals surface area contributed by atoms with Gasteiger partial charge in [0.1, 0.15) is 0 Å². The maximum atomic E-state index is 5.97. The fourth-order valence-electron chi connectivity index (χ4n) is 2.71. The summed E-state index contributed by atoms with van der Waals surface area (Å²) in [5.41, 5.74) is 8.16. The summed E-state index contributed by atoms with van der Waals surface area (Å²) in [5, 5.41) is 0. The molecule has 106 valence electrons. The van der Waals surface area contributed by atoms with E-state index in [0.29, 0.717) is 6.10 Å². The van der Waals surface area contributed by atoms with Gasteiger partial charge < -0.3 is 15.4 Å². The standard InChI is InChI=1S/C16H26N2O/c1-2-18(13-15-9-6-12-19-15)11-5-8-14-7-3-4-10-16(14)17/h3-4,7,10,15H,2,5-6,8-9,11-13,17H2,1H3. The largest absolute Gasteiger partial charge is 0.399 e. The summed E-state index contributed by atoms with van der Waals surface area (Å²) in [4.78, 5) is 2.50. The number of nitrogens with two attached hydrogens (primary N) is 1. The molecule has 0 spiro atoms. The van der Waals surface area contributed by atoms with Crippen molar-refractivity contribution in [2.45, 2.75) is 38.7 Å². The molecule has 3 nitrogen and oxygen atoms in total. The van der Waals surface area contributed by atoms with Gasteiger partial charge in [-0.3, -0.25) is 0 Å². The van der Waals surface area contributed by atoms with Crippen LogP contribution in [0.3, 0.4) is 0 Å². The molecule has 0 radical (unpaired) electrons. The van der Waals surface area contributed by atoms with Gasteiger partial charge in [-0.15, -0.1) is 0 Å². The first kappa shape index (κ1) is 14.4. The molecule has 1 heterocycles. The molecule has 0 saturated carbocycles. The smallest absolute Gasteiger partial charge is 0.0702 e. The molecule has 1 atom stereocenters. The van der Waals surface area contributed by atoms with E-state index in [1.807, 2.05) is 12.1 Å². The maximum Gasteiger partial charge on any atom is 0.0702 e. The Morgan fingerprint density at radius 2 is 2.21 bits per heavy atom. The predicted octanol–water partition coefficient (Wildman–Crippen LogP) is 2.70. The van der Waals surface area contributed by atoms with Gasteiger partial charge in [0, 0.05) is 18.8 Å². The number of nitrogen functional groups attached to an aromatic ring is 1. The van der Waals surface area contributed by atoms with Gasteiger partial charge in [0.15, 0.2) is 0 Å². The summed E-state index contributed by atoms with van der Waals surface area (Å²) >= 11 is 0. The maximum absolute atomic E-state index is 5.97. The lowest BCUT2D eigenvalue weighted by Crippen LogP contribution is -2.33. The zero-order chi connectivity index (χ0) is 13.5. The Morgan fingerprint density at radius 3 is 2.89 bits per heavy atom. The summed E-state index contributed by atoms with van der Waals surface area (Å²) < 4.78 is 5.71. The van der Waals surface area contributed by atoms with E-state index in [2.05, 4.69) is 24.0 Å². The minimum atomic E-state index is 0.460. The van der Waals surface area contributed by atoms with Gasteiger partial charge in [0.2, 0.25) is 0 Å². The monoisotopic (exact) mass is 262 g/mol. The number of likely N-dealkylation sites (N-methyl/N-ethyl adjacent to an activating group) is 1. The van der Waals surface area contributed by atoms with E-state index in [-0.39, 0.29) is 0 Å². The Hall–Kier alpha value is -1.06. The third-order valence-corrected chi connectivity index (χ3v) is 3.91. The first-order valence-corrected chi connectivity index (χ1v) is 7.47. The fraction of sp³-hybridized carbons (Fsp3) is 0.625. The molecular weight excluding hydrogens is 236 g/mol. The number of ether oxygens (including phenoxy) is 1. The van der Waals surface area contributed by atoms with Gasteiger partial charge in [-0.2, -0.15) is 0 Å². The molecule has 2 N–H and O–H groups in total. The van der Waals surface area contributed by atoms with Crippen molar-refractivity contribution in [3.05, 3.63) is 29.8 Å². The van der Waals surface area contributed by atoms with Crippen LogP contribution in [0.4, 0.5) is 5.69 Å². The normalized spacial score (nSPS) is 19.2. The van der Waals surface area contributed by atoms with Crippen LogP contribution < -0.4 is 5.73 Å². The van der Waals surface area contributed by atoms with Gasteiger partial charge in [0.25, 0.3) is 0 Å². The molecule has 1 aliphatic rings. The number of benzene rings is 1. The first-order chi connectivity index (χ1) is 9.29. The molecule has 1 fully saturated rings. The molecule has 0 aromatic heterocycles. The van der Waals surface area contributed by atoms with Gasteiger partial charge in [-0.1, -0.05) is 25.1 Å². The van der Waals surface area contributed by atoms with E-state index < -0.39 is 0 Å². The topological polar surface area (TPSA) is 38.5 Å². The lowest BCUT2D eigenvalue weighted by Gasteiger charge is -2.23. The SMILES string of the molecule is CCN(CCCc1ccccc1N)CC1CCCO1. The molecule has 1 aromatic carbocycles. The van der Waals surface area contributed by atoms with Crippen LogP contribution in [0, 0.1) is 0 Å². The van der Waals surface area contributed by atoms with Gasteiger partial charge in [-0.05, 0) is 50.4 Å². The van der Waals surface area contributed by atoms with Crippen LogP contribution in [0.25, 0.3) is 0 Å². The number of hydrogen-bond acceptors (Lipinski definition) is 3. The average molecular weight is 262 g/mol. The summed E-state index contributed by atoms with van der Waals surface area (Å²) in [7, 11) is 0. The van der Waals surface area contributed by atoms with Crippen molar-refractivity contribution in [2.75, 3.05) is 32.0 Å². The third kappa shape index (κ3) is 4.51. The zero-order valence-corrected chi connectivity index (χ0v) is 12.0. The highest BCUT2D eigenvalue weighted by atomic mass is 16.5. The number of para-hydroxylation sites is 1. The molecule has 1 aliphatic heterocycles. The highest BCUT2D eigenvalue weighted by molar-refractivity contribution is 5.46. The van der Waals surface area contributed by atoms with Crippen LogP contribution >= 0.6 is 0 Å². The first-order valence-electron chi connectivity index (χ1n) is 7.47. The molecular formula is C16H26N2O. The van der Waals surface area contributed by atoms with Crippen LogP contribution in [0.2, 0.25) is 0 Å². The highest BCUT2D eigenvalue weighted by Gasteiger charge is 2.18. The molecule has 2 rings (SSSR count). The second-order valence-corrected chi connectivity index (χ2v) is 5.33. The second-order valence-electron chi connectivity index (χ2n) is 5.33. The number of anilines is 1. The lowest BCUT2D eigenvalue weighted by molar-refractivity contribution is 0.0745. The Labute approximate surface area is 116 Å². The molecule has 19 heavy (non-hydrogen) atoms. The predicted molar refractivity (Wildman–Crippen MR) is 80.3 cm³/mol. The molecule has 0 amide bonds. The van der Waals surface area contributed by atoms with Crippen LogP contribution in [0.15, 0.2) is 24.3 Å². The molecule has 1 saturated heterocycles. The van der Waals surface area contributed by atoms with E-state index in [1.165, 1.54) is 18.4 Å². The van der Waals surface area contributed by atoms with Gasteiger partial charge in [0.05, 0.1) is 6.10 Å². The summed E-state index contributed by atoms with van der Waals surface area (Å²) in [6.07, 6.45) is 5.13. The van der Waals surface area contributed by atoms with Crippen molar-refractivity contribution < 1.29 is 4.74 Å². The van der Waals surface area contributed by atoms with Crippen molar-refractivity contribution in [1.82, 2.24) is 4.90 Å². The van der Waals surface area contributed by atoms with Crippen LogP contribution in [-0.2, 0) is 11.2 Å². The highest BCUT2D eigenvalue weighted by Crippen LogP contribution is 2.15. The number of aryl methyl sites for hydroxylation is 1. The van der Waals surface area contributed by atoms with E-state index in [9.17, 15) is 0 Å². The Kier molecular flexibility index (Phi) is 5.67. The van der Waals surface area contributed by atoms with E-state index in [1.54, 1.807) is 0 Å². The van der Waals surface area contributed by atoms with E-state index in [4.69, 9.17) is 10.5 Å². The third-order valence-electron chi connectivity index (χ3n) is 3.91. The Bertz CT molecular complexity index is 375. The van der Waals surface area contributed by atoms with Crippen LogP contribution in [-0.4, -0.2) is 37.2 Å². The van der Waals surface area contributed by atoms with Crippen LogP contribution in [0.5, 0.6) is 0 Å². The van der Waals surface area contributed by atoms with Crippen molar-refractivity contribution in [1.29, 1.82) is 0 Å². The quantitative estimate of drug-likeness (QED) is 0.768. The fourth-order valence-corrected chi connectivity index (χ4v) is 2.71. The summed E-state index contributed by atoms with van der Waals surface area (Å²) in [5.74, 6) is 0. The summed E-state index contributed by atoms with van der Waals surface area (Å²) in [6, 6.07) is 8.18. The Balaban J connectivity index is 1.72. The van der Waals surface area contributed by atoms with Crippen molar-refractivity contribution in [2.24, 2.45) is 0 Å². The minimum absolute atomic E-state index is 0.460. The lowest BCUT2D eigenvalue weighted by atomic mass is 10.1. The summed E-state index contributed by atoms with van der Waals surface area (Å²) in [6.45, 7) is 6.49. The average Bonchev–Trinajstić information content (AvgIpc) is 2.92. The molecule has 0 aliphatic carbocycles. The molecule has 1 aromatic rings. The number of hydrogen-bond donors (Lipinski definition) is 1. The number of rotatable bonds is 7. The molecule has 0 bridgehead atoms. The number of nitrogens with zero attached hydrogens (tertiary/aromatic N) is 1. The van der Waals surface area contributed by atoms with Crippen molar-refractivity contribution >= 4 is 5.69 Å². The van der Waals surface area contributed by atoms with Crippen molar-refractivity contribution in [3.63, 3.8) is 0 Å². The molecule has 3 heteroatoms.